The van der Waals surface area contributed by atoms with Crippen molar-refractivity contribution in [3.8, 4) is 11.4 Å². The van der Waals surface area contributed by atoms with Gasteiger partial charge in [-0.15, -0.1) is 23.1 Å². The molecule has 1 aliphatic rings. The fraction of sp³-hybridized carbons (Fsp3) is 0.321. The van der Waals surface area contributed by atoms with Crippen molar-refractivity contribution in [2.45, 2.75) is 38.0 Å². The van der Waals surface area contributed by atoms with Gasteiger partial charge in [0.05, 0.1) is 42.3 Å². The van der Waals surface area contributed by atoms with Crippen LogP contribution in [0.2, 0.25) is 0 Å². The average molecular weight is 551 g/mol. The van der Waals surface area contributed by atoms with Crippen LogP contribution in [0.5, 0.6) is 5.75 Å². The fourth-order valence-electron chi connectivity index (χ4n) is 4.44. The highest BCUT2D eigenvalue weighted by Gasteiger charge is 2.40. The van der Waals surface area contributed by atoms with Crippen LogP contribution in [0.4, 0.5) is 5.82 Å². The van der Waals surface area contributed by atoms with Crippen molar-refractivity contribution in [1.29, 1.82) is 0 Å². The maximum atomic E-state index is 13.7. The Hall–Kier alpha value is -3.50. The zero-order chi connectivity index (χ0) is 26.9. The quantitative estimate of drug-likeness (QED) is 0.335. The first kappa shape index (κ1) is 26.1. The molecule has 3 aromatic heterocycles. The molecule has 8 nitrogen and oxygen atoms in total. The van der Waals surface area contributed by atoms with Gasteiger partial charge in [-0.1, -0.05) is 26.8 Å². The molecule has 1 unspecified atom stereocenters. The smallest absolute Gasteiger partial charge is 0.240 e. The summed E-state index contributed by atoms with van der Waals surface area (Å²) in [7, 11) is 1.62. The van der Waals surface area contributed by atoms with Gasteiger partial charge < -0.3 is 14.5 Å². The molecule has 0 spiro atoms. The lowest BCUT2D eigenvalue weighted by atomic mass is 9.88. The Labute approximate surface area is 230 Å². The minimum absolute atomic E-state index is 0.0913. The molecule has 1 aromatic carbocycles. The Bertz CT molecular complexity index is 1400. The Morgan fingerprint density at radius 1 is 1.18 bits per heavy atom. The maximum Gasteiger partial charge on any atom is 0.240 e. The summed E-state index contributed by atoms with van der Waals surface area (Å²) >= 11 is 3.24. The van der Waals surface area contributed by atoms with Gasteiger partial charge in [0, 0.05) is 15.9 Å². The zero-order valence-electron chi connectivity index (χ0n) is 21.8. The number of amides is 2. The van der Waals surface area contributed by atoms with E-state index in [0.29, 0.717) is 11.6 Å². The van der Waals surface area contributed by atoms with Crippen molar-refractivity contribution < 1.29 is 18.7 Å². The number of carbonyl (C=O) groups excluding carboxylic acids is 2. The summed E-state index contributed by atoms with van der Waals surface area (Å²) in [5.41, 5.74) is 2.33. The molecule has 0 saturated carbocycles. The molecule has 4 aromatic rings. The van der Waals surface area contributed by atoms with Crippen LogP contribution in [-0.4, -0.2) is 41.0 Å². The lowest BCUT2D eigenvalue weighted by Gasteiger charge is -2.24. The molecule has 2 amide bonds. The predicted molar refractivity (Wildman–Crippen MR) is 150 cm³/mol. The van der Waals surface area contributed by atoms with Gasteiger partial charge in [0.15, 0.2) is 0 Å². The van der Waals surface area contributed by atoms with Crippen molar-refractivity contribution in [1.82, 2.24) is 15.1 Å². The van der Waals surface area contributed by atoms with E-state index < -0.39 is 0 Å². The minimum Gasteiger partial charge on any atom is -0.497 e. The van der Waals surface area contributed by atoms with Crippen LogP contribution < -0.4 is 15.0 Å². The summed E-state index contributed by atoms with van der Waals surface area (Å²) in [5, 5.41) is 9.93. The van der Waals surface area contributed by atoms with E-state index in [4.69, 9.17) is 14.3 Å². The second-order valence-corrected chi connectivity index (χ2v) is 12.1. The largest absolute Gasteiger partial charge is 0.497 e. The van der Waals surface area contributed by atoms with Gasteiger partial charge >= 0.3 is 0 Å². The van der Waals surface area contributed by atoms with Crippen molar-refractivity contribution >= 4 is 40.7 Å². The Balaban J connectivity index is 1.64. The van der Waals surface area contributed by atoms with Gasteiger partial charge in [0.1, 0.15) is 23.9 Å². The number of ether oxygens (including phenoxy) is 1. The molecule has 0 saturated heterocycles. The average Bonchev–Trinajstić information content (AvgIpc) is 3.66. The number of nitrogens with zero attached hydrogens (tertiary/aromatic N) is 3. The molecule has 0 radical (unpaired) electrons. The van der Waals surface area contributed by atoms with Gasteiger partial charge in [0.2, 0.25) is 11.8 Å². The maximum absolute atomic E-state index is 13.7. The number of carbonyl (C=O) groups is 2. The summed E-state index contributed by atoms with van der Waals surface area (Å²) in [6, 6.07) is 15.3. The minimum atomic E-state index is -0.307. The normalized spacial score (nSPS) is 15.7. The number of benzene rings is 1. The van der Waals surface area contributed by atoms with Crippen molar-refractivity contribution in [2.24, 2.45) is 0 Å². The van der Waals surface area contributed by atoms with Gasteiger partial charge in [-0.25, -0.2) is 4.68 Å². The van der Waals surface area contributed by atoms with E-state index in [-0.39, 0.29) is 41.3 Å². The van der Waals surface area contributed by atoms with Crippen LogP contribution >= 0.6 is 23.1 Å². The van der Waals surface area contributed by atoms with Gasteiger partial charge in [-0.2, -0.15) is 5.10 Å². The molecule has 1 N–H and O–H groups in total. The number of furan rings is 1. The highest BCUT2D eigenvalue weighted by molar-refractivity contribution is 8.00. The zero-order valence-corrected chi connectivity index (χ0v) is 23.4. The molecule has 10 heteroatoms. The number of anilines is 1. The van der Waals surface area contributed by atoms with E-state index in [1.165, 1.54) is 0 Å². The molecule has 4 heterocycles. The molecule has 38 heavy (non-hydrogen) atoms. The summed E-state index contributed by atoms with van der Waals surface area (Å²) in [6.07, 6.45) is 1.56. The summed E-state index contributed by atoms with van der Waals surface area (Å²) in [5.74, 6) is 1.82. The second-order valence-electron chi connectivity index (χ2n) is 9.99. The Morgan fingerprint density at radius 2 is 1.97 bits per heavy atom. The van der Waals surface area contributed by atoms with Crippen LogP contribution in [0.1, 0.15) is 47.9 Å². The van der Waals surface area contributed by atoms with Crippen molar-refractivity contribution in [3.05, 3.63) is 82.1 Å². The molecule has 0 bridgehead atoms. The van der Waals surface area contributed by atoms with E-state index in [2.05, 4.69) is 32.2 Å². The van der Waals surface area contributed by atoms with Crippen LogP contribution in [0.15, 0.2) is 64.6 Å². The van der Waals surface area contributed by atoms with E-state index in [9.17, 15) is 9.59 Å². The second kappa shape index (κ2) is 10.7. The van der Waals surface area contributed by atoms with Gasteiger partial charge in [-0.3, -0.25) is 14.5 Å². The monoisotopic (exact) mass is 550 g/mol. The molecule has 1 atom stereocenters. The predicted octanol–water partition coefficient (Wildman–Crippen LogP) is 5.32. The highest BCUT2D eigenvalue weighted by Crippen LogP contribution is 2.49. The number of hydrogen-bond acceptors (Lipinski definition) is 7. The highest BCUT2D eigenvalue weighted by atomic mass is 32.2. The summed E-state index contributed by atoms with van der Waals surface area (Å²) in [6.45, 7) is 6.49. The van der Waals surface area contributed by atoms with Crippen LogP contribution in [0, 0.1) is 0 Å². The van der Waals surface area contributed by atoms with Crippen molar-refractivity contribution in [3.63, 3.8) is 0 Å². The third-order valence-electron chi connectivity index (χ3n) is 6.26. The Morgan fingerprint density at radius 3 is 2.61 bits per heavy atom. The molecule has 198 valence electrons. The first-order valence-corrected chi connectivity index (χ1v) is 14.2. The van der Waals surface area contributed by atoms with Crippen LogP contribution in [-0.2, 0) is 21.5 Å². The van der Waals surface area contributed by atoms with Crippen LogP contribution in [0.25, 0.3) is 5.69 Å². The molecule has 5 rings (SSSR count). The van der Waals surface area contributed by atoms with E-state index >= 15 is 0 Å². The number of methoxy groups -OCH3 is 1. The molecule has 1 aliphatic heterocycles. The van der Waals surface area contributed by atoms with Gasteiger partial charge in [0.25, 0.3) is 0 Å². The van der Waals surface area contributed by atoms with Crippen LogP contribution in [0.3, 0.4) is 0 Å². The third-order valence-corrected chi connectivity index (χ3v) is 8.58. The molecular formula is C28H30N4O4S2. The number of rotatable bonds is 7. The third kappa shape index (κ3) is 5.23. The topological polar surface area (TPSA) is 89.6 Å². The summed E-state index contributed by atoms with van der Waals surface area (Å²) < 4.78 is 12.5. The van der Waals surface area contributed by atoms with Gasteiger partial charge in [-0.05, 0) is 47.8 Å². The number of aromatic nitrogens is 2. The molecular weight excluding hydrogens is 520 g/mol. The number of thiophene rings is 1. The summed E-state index contributed by atoms with van der Waals surface area (Å²) in [4.78, 5) is 29.5. The molecule has 0 aliphatic carbocycles. The first-order valence-electron chi connectivity index (χ1n) is 12.3. The molecule has 0 fully saturated rings. The number of thioether (sulfide) groups is 1. The number of nitrogens with one attached hydrogen (secondary N) is 1. The van der Waals surface area contributed by atoms with E-state index in [0.717, 1.165) is 27.6 Å². The Kier molecular flexibility index (Phi) is 7.36. The first-order chi connectivity index (χ1) is 18.3. The van der Waals surface area contributed by atoms with E-state index in [1.54, 1.807) is 58.2 Å². The lowest BCUT2D eigenvalue weighted by Crippen LogP contribution is -2.42. The SMILES string of the molecule is COc1ccc(-n2nc(C(C)(C)C)c3c2N(CC(=O)NCc2ccco2)C(=O)CSC3c2cccs2)cc1. The lowest BCUT2D eigenvalue weighted by molar-refractivity contribution is -0.123. The number of hydrogen-bond donors (Lipinski definition) is 1. The van der Waals surface area contributed by atoms with Crippen molar-refractivity contribution in [2.75, 3.05) is 24.3 Å². The fourth-order valence-corrected chi connectivity index (χ4v) is 6.62. The number of fused-ring (bicyclic) bond motifs is 1. The van der Waals surface area contributed by atoms with E-state index in [1.807, 2.05) is 35.7 Å². The standard InChI is InChI=1S/C28H30N4O4S2/c1-28(2,3)26-24-25(21-8-6-14-37-21)38-17-23(34)31(16-22(33)29-15-20-7-5-13-36-20)27(24)32(30-26)18-9-11-19(35-4)12-10-18/h5-14,25H,15-17H2,1-4H3,(H,29,33).